The Bertz CT molecular complexity index is 326. The van der Waals surface area contributed by atoms with E-state index in [2.05, 4.69) is 10.2 Å². The quantitative estimate of drug-likeness (QED) is 0.762. The molecule has 1 aromatic rings. The molecule has 0 amide bonds. The lowest BCUT2D eigenvalue weighted by Gasteiger charge is -2.12. The number of aliphatic carboxylic acids is 1. The van der Waals surface area contributed by atoms with Gasteiger partial charge >= 0.3 is 5.97 Å². The summed E-state index contributed by atoms with van der Waals surface area (Å²) in [7, 11) is 0. The second kappa shape index (κ2) is 4.61. The molecule has 0 radical (unpaired) electrons. The van der Waals surface area contributed by atoms with Crippen molar-refractivity contribution in [2.45, 2.75) is 23.4 Å². The maximum atomic E-state index is 10.9. The summed E-state index contributed by atoms with van der Waals surface area (Å²) in [5, 5.41) is 16.2. The van der Waals surface area contributed by atoms with Crippen molar-refractivity contribution in [3.8, 4) is 0 Å². The highest BCUT2D eigenvalue weighted by Crippen LogP contribution is 2.31. The highest BCUT2D eigenvalue weighted by Gasteiger charge is 2.24. The molecule has 1 atom stereocenters. The molecule has 1 unspecified atom stereocenters. The van der Waals surface area contributed by atoms with Crippen LogP contribution in [0.2, 0.25) is 0 Å². The zero-order chi connectivity index (χ0) is 10.7. The maximum absolute atomic E-state index is 10.9. The van der Waals surface area contributed by atoms with E-state index in [9.17, 15) is 4.79 Å². The Morgan fingerprint density at radius 2 is 2.21 bits per heavy atom. The van der Waals surface area contributed by atoms with Crippen LogP contribution in [0.5, 0.6) is 0 Å². The number of carboxylic acids is 1. The molecule has 14 heavy (non-hydrogen) atoms. The molecule has 1 aromatic heterocycles. The topological polar surface area (TPSA) is 89.1 Å². The standard InChI is InChI=1S/C7H11N3O2S2/c1-3(2)4(5(11)12)13-7-10-9-6(8)14-7/h3-4H,1-2H3,(H2,8,9)(H,11,12). The maximum Gasteiger partial charge on any atom is 0.317 e. The molecule has 5 nitrogen and oxygen atoms in total. The van der Waals surface area contributed by atoms with Crippen molar-refractivity contribution < 1.29 is 9.90 Å². The van der Waals surface area contributed by atoms with Crippen LogP contribution in [0.1, 0.15) is 13.8 Å². The fraction of sp³-hybridized carbons (Fsp3) is 0.571. The molecule has 0 aliphatic rings. The Labute approximate surface area is 89.7 Å². The van der Waals surface area contributed by atoms with Crippen LogP contribution >= 0.6 is 23.1 Å². The first-order valence-electron chi connectivity index (χ1n) is 3.99. The van der Waals surface area contributed by atoms with Gasteiger partial charge in [0, 0.05) is 0 Å². The van der Waals surface area contributed by atoms with E-state index in [1.807, 2.05) is 13.8 Å². The summed E-state index contributed by atoms with van der Waals surface area (Å²) >= 11 is 2.40. The van der Waals surface area contributed by atoms with Crippen molar-refractivity contribution >= 4 is 34.2 Å². The van der Waals surface area contributed by atoms with Gasteiger partial charge in [0.05, 0.1) is 0 Å². The van der Waals surface area contributed by atoms with Crippen LogP contribution in [0.4, 0.5) is 5.13 Å². The summed E-state index contributed by atoms with van der Waals surface area (Å²) in [6.45, 7) is 3.71. The summed E-state index contributed by atoms with van der Waals surface area (Å²) in [5.41, 5.74) is 5.39. The van der Waals surface area contributed by atoms with Crippen LogP contribution in [0.15, 0.2) is 4.34 Å². The van der Waals surface area contributed by atoms with Crippen molar-refractivity contribution in [3.63, 3.8) is 0 Å². The van der Waals surface area contributed by atoms with Crippen molar-refractivity contribution in [2.75, 3.05) is 5.73 Å². The lowest BCUT2D eigenvalue weighted by molar-refractivity contribution is -0.137. The molecule has 1 rings (SSSR count). The molecule has 0 spiro atoms. The number of nitrogen functional groups attached to an aromatic ring is 1. The van der Waals surface area contributed by atoms with Gasteiger partial charge in [-0.3, -0.25) is 4.79 Å². The first-order valence-corrected chi connectivity index (χ1v) is 5.68. The average molecular weight is 233 g/mol. The third-order valence-electron chi connectivity index (χ3n) is 1.50. The number of hydrogen-bond acceptors (Lipinski definition) is 6. The zero-order valence-corrected chi connectivity index (χ0v) is 9.43. The lowest BCUT2D eigenvalue weighted by atomic mass is 10.1. The van der Waals surface area contributed by atoms with Crippen molar-refractivity contribution in [1.29, 1.82) is 0 Å². The van der Waals surface area contributed by atoms with E-state index in [0.717, 1.165) is 0 Å². The lowest BCUT2D eigenvalue weighted by Crippen LogP contribution is -2.22. The van der Waals surface area contributed by atoms with E-state index in [1.165, 1.54) is 23.1 Å². The third-order valence-corrected chi connectivity index (χ3v) is 3.87. The molecule has 0 bridgehead atoms. The fourth-order valence-corrected chi connectivity index (χ4v) is 2.63. The highest BCUT2D eigenvalue weighted by atomic mass is 32.2. The predicted octanol–water partition coefficient (Wildman–Crippen LogP) is 1.32. The van der Waals surface area contributed by atoms with Gasteiger partial charge in [0.25, 0.3) is 0 Å². The average Bonchev–Trinajstić information content (AvgIpc) is 2.46. The molecule has 0 saturated heterocycles. The van der Waals surface area contributed by atoms with E-state index < -0.39 is 11.2 Å². The van der Waals surface area contributed by atoms with Crippen molar-refractivity contribution in [2.24, 2.45) is 5.92 Å². The van der Waals surface area contributed by atoms with E-state index in [1.54, 1.807) is 0 Å². The molecule has 0 saturated carbocycles. The van der Waals surface area contributed by atoms with Crippen molar-refractivity contribution in [3.05, 3.63) is 0 Å². The minimum Gasteiger partial charge on any atom is -0.480 e. The van der Waals surface area contributed by atoms with E-state index in [0.29, 0.717) is 9.47 Å². The van der Waals surface area contributed by atoms with Gasteiger partial charge in [-0.15, -0.1) is 10.2 Å². The second-order valence-corrected chi connectivity index (χ2v) is 5.42. The summed E-state index contributed by atoms with van der Waals surface area (Å²) in [6.07, 6.45) is 0. The molecule has 0 aliphatic carbocycles. The van der Waals surface area contributed by atoms with Gasteiger partial charge in [0.2, 0.25) is 5.13 Å². The van der Waals surface area contributed by atoms with Gasteiger partial charge in [-0.1, -0.05) is 36.9 Å². The van der Waals surface area contributed by atoms with E-state index in [-0.39, 0.29) is 5.92 Å². The van der Waals surface area contributed by atoms with E-state index >= 15 is 0 Å². The Kier molecular flexibility index (Phi) is 3.70. The minimum absolute atomic E-state index is 0.0441. The predicted molar refractivity (Wildman–Crippen MR) is 56.4 cm³/mol. The van der Waals surface area contributed by atoms with Crippen LogP contribution in [-0.4, -0.2) is 26.5 Å². The number of carboxylic acid groups (broad SMARTS) is 1. The molecule has 0 aromatic carbocycles. The number of carbonyl (C=O) groups is 1. The molecule has 7 heteroatoms. The van der Waals surface area contributed by atoms with Crippen molar-refractivity contribution in [1.82, 2.24) is 10.2 Å². The molecule has 3 N–H and O–H groups in total. The third kappa shape index (κ3) is 2.85. The van der Waals surface area contributed by atoms with Gasteiger partial charge < -0.3 is 10.8 Å². The van der Waals surface area contributed by atoms with E-state index in [4.69, 9.17) is 10.8 Å². The largest absolute Gasteiger partial charge is 0.480 e. The summed E-state index contributed by atoms with van der Waals surface area (Å²) in [5.74, 6) is -0.790. The number of hydrogen-bond donors (Lipinski definition) is 2. The summed E-state index contributed by atoms with van der Waals surface area (Å²) in [6, 6.07) is 0. The Balaban J connectivity index is 2.69. The van der Waals surface area contributed by atoms with Crippen LogP contribution < -0.4 is 5.73 Å². The zero-order valence-electron chi connectivity index (χ0n) is 7.80. The SMILES string of the molecule is CC(C)C(Sc1nnc(N)s1)C(=O)O. The molecule has 0 fully saturated rings. The van der Waals surface area contributed by atoms with Gasteiger partial charge in [0.15, 0.2) is 4.34 Å². The molecule has 1 heterocycles. The van der Waals surface area contributed by atoms with Gasteiger partial charge in [-0.25, -0.2) is 0 Å². The molecule has 0 aliphatic heterocycles. The Morgan fingerprint density at radius 1 is 1.57 bits per heavy atom. The monoisotopic (exact) mass is 233 g/mol. The van der Waals surface area contributed by atoms with Gasteiger partial charge in [-0.2, -0.15) is 0 Å². The number of rotatable bonds is 4. The van der Waals surface area contributed by atoms with Crippen LogP contribution in [-0.2, 0) is 4.79 Å². The second-order valence-electron chi connectivity index (χ2n) is 3.03. The summed E-state index contributed by atoms with van der Waals surface area (Å²) < 4.78 is 0.601. The highest BCUT2D eigenvalue weighted by molar-refractivity contribution is 8.02. The number of aromatic nitrogens is 2. The minimum atomic E-state index is -0.834. The number of thioether (sulfide) groups is 1. The van der Waals surface area contributed by atoms with Gasteiger partial charge in [0.1, 0.15) is 5.25 Å². The van der Waals surface area contributed by atoms with Gasteiger partial charge in [-0.05, 0) is 5.92 Å². The smallest absolute Gasteiger partial charge is 0.317 e. The Morgan fingerprint density at radius 3 is 2.57 bits per heavy atom. The first kappa shape index (κ1) is 11.3. The van der Waals surface area contributed by atoms with Crippen LogP contribution in [0, 0.1) is 5.92 Å². The normalized spacial score (nSPS) is 13.1. The number of anilines is 1. The summed E-state index contributed by atoms with van der Waals surface area (Å²) in [4.78, 5) is 10.9. The molecular weight excluding hydrogens is 222 g/mol. The fourth-order valence-electron chi connectivity index (χ4n) is 0.848. The molecular formula is C7H11N3O2S2. The first-order chi connectivity index (χ1) is 6.50. The Hall–Kier alpha value is -0.820. The van der Waals surface area contributed by atoms with Crippen LogP contribution in [0.3, 0.4) is 0 Å². The molecule has 78 valence electrons. The van der Waals surface area contributed by atoms with Crippen LogP contribution in [0.25, 0.3) is 0 Å². The number of nitrogens with zero attached hydrogens (tertiary/aromatic N) is 2. The number of nitrogens with two attached hydrogens (primary N) is 1.